The van der Waals surface area contributed by atoms with Crippen LogP contribution < -0.4 is 0 Å². The van der Waals surface area contributed by atoms with E-state index in [0.29, 0.717) is 22.1 Å². The highest BCUT2D eigenvalue weighted by Gasteiger charge is 2.41. The fourth-order valence-electron chi connectivity index (χ4n) is 3.43. The number of furan rings is 1. The van der Waals surface area contributed by atoms with Crippen molar-refractivity contribution in [2.24, 2.45) is 0 Å². The molecule has 0 fully saturated rings. The quantitative estimate of drug-likeness (QED) is 0.720. The van der Waals surface area contributed by atoms with Crippen molar-refractivity contribution in [2.45, 2.75) is 23.5 Å². The molecule has 0 unspecified atom stereocenters. The van der Waals surface area contributed by atoms with E-state index in [1.807, 2.05) is 18.2 Å². The van der Waals surface area contributed by atoms with Crippen molar-refractivity contribution in [1.82, 2.24) is 4.31 Å². The van der Waals surface area contributed by atoms with Gasteiger partial charge in [0.1, 0.15) is 11.5 Å². The van der Waals surface area contributed by atoms with Crippen molar-refractivity contribution >= 4 is 21.6 Å². The number of benzene rings is 2. The predicted octanol–water partition coefficient (Wildman–Crippen LogP) is 3.88. The normalized spacial score (nSPS) is 21.7. The number of halogens is 1. The SMILES string of the molecule is CN1[C@@H](Cc2ccc(-c3cccc(Cl)c3)o2)[C@@H](O)c2ccccc2S1(=O)=O. The van der Waals surface area contributed by atoms with E-state index in [4.69, 9.17) is 16.0 Å². The first-order valence-electron chi connectivity index (χ1n) is 8.47. The number of aliphatic hydroxyl groups is 1. The standard InChI is InChI=1S/C20H18ClNO4S/c1-22-17(20(23)16-7-2-3-8-19(16)27(22,24)25)12-15-9-10-18(26-15)13-5-4-6-14(21)11-13/h2-11,17,20,23H,12H2,1H3/t17-,20-/m0/s1. The lowest BCUT2D eigenvalue weighted by molar-refractivity contribution is 0.0864. The Morgan fingerprint density at radius 2 is 1.89 bits per heavy atom. The van der Waals surface area contributed by atoms with Gasteiger partial charge in [-0.25, -0.2) is 8.42 Å². The van der Waals surface area contributed by atoms with E-state index in [0.717, 1.165) is 5.56 Å². The van der Waals surface area contributed by atoms with E-state index in [-0.39, 0.29) is 11.3 Å². The van der Waals surface area contributed by atoms with Gasteiger partial charge in [0.25, 0.3) is 0 Å². The zero-order chi connectivity index (χ0) is 19.2. The maximum absolute atomic E-state index is 12.8. The molecular formula is C20H18ClNO4S. The van der Waals surface area contributed by atoms with Crippen LogP contribution in [0.5, 0.6) is 0 Å². The summed E-state index contributed by atoms with van der Waals surface area (Å²) in [5.74, 6) is 1.24. The fraction of sp³-hybridized carbons (Fsp3) is 0.200. The van der Waals surface area contributed by atoms with Gasteiger partial charge in [0.15, 0.2) is 0 Å². The molecule has 140 valence electrons. The Balaban J connectivity index is 1.65. The monoisotopic (exact) mass is 403 g/mol. The van der Waals surface area contributed by atoms with Crippen LogP contribution in [0.15, 0.2) is 70.0 Å². The molecule has 0 aliphatic carbocycles. The molecule has 27 heavy (non-hydrogen) atoms. The molecule has 4 rings (SSSR count). The lowest BCUT2D eigenvalue weighted by Gasteiger charge is -2.36. The van der Waals surface area contributed by atoms with Crippen LogP contribution in [0.3, 0.4) is 0 Å². The molecule has 1 aliphatic heterocycles. The summed E-state index contributed by atoms with van der Waals surface area (Å²) in [7, 11) is -2.17. The summed E-state index contributed by atoms with van der Waals surface area (Å²) in [6.45, 7) is 0. The van der Waals surface area contributed by atoms with E-state index in [1.165, 1.54) is 17.4 Å². The lowest BCUT2D eigenvalue weighted by Crippen LogP contribution is -2.46. The number of aliphatic hydroxyl groups excluding tert-OH is 1. The van der Waals surface area contributed by atoms with E-state index in [1.54, 1.807) is 36.4 Å². The first-order valence-corrected chi connectivity index (χ1v) is 10.3. The Morgan fingerprint density at radius 1 is 1.11 bits per heavy atom. The van der Waals surface area contributed by atoms with Crippen molar-refractivity contribution in [3.8, 4) is 11.3 Å². The maximum atomic E-state index is 12.8. The average Bonchev–Trinajstić information content (AvgIpc) is 3.13. The summed E-state index contributed by atoms with van der Waals surface area (Å²) < 4.78 is 32.7. The molecular weight excluding hydrogens is 386 g/mol. The number of nitrogens with zero attached hydrogens (tertiary/aromatic N) is 1. The van der Waals surface area contributed by atoms with Crippen LogP contribution in [0.2, 0.25) is 5.02 Å². The second kappa shape index (κ2) is 6.80. The van der Waals surface area contributed by atoms with Crippen molar-refractivity contribution in [2.75, 3.05) is 7.05 Å². The van der Waals surface area contributed by atoms with E-state index >= 15 is 0 Å². The number of fused-ring (bicyclic) bond motifs is 1. The van der Waals surface area contributed by atoms with Crippen LogP contribution >= 0.6 is 11.6 Å². The van der Waals surface area contributed by atoms with Crippen molar-refractivity contribution < 1.29 is 17.9 Å². The van der Waals surface area contributed by atoms with Gasteiger partial charge in [-0.15, -0.1) is 0 Å². The molecule has 0 bridgehead atoms. The number of hydrogen-bond acceptors (Lipinski definition) is 4. The average molecular weight is 404 g/mol. The van der Waals surface area contributed by atoms with Gasteiger partial charge in [-0.3, -0.25) is 0 Å². The number of likely N-dealkylation sites (N-methyl/N-ethyl adjacent to an activating group) is 1. The van der Waals surface area contributed by atoms with Crippen LogP contribution in [0.4, 0.5) is 0 Å². The highest BCUT2D eigenvalue weighted by molar-refractivity contribution is 7.89. The highest BCUT2D eigenvalue weighted by Crippen LogP contribution is 2.37. The van der Waals surface area contributed by atoms with Gasteiger partial charge in [0, 0.05) is 29.6 Å². The van der Waals surface area contributed by atoms with Gasteiger partial charge in [0.05, 0.1) is 17.0 Å². The fourth-order valence-corrected chi connectivity index (χ4v) is 5.21. The minimum Gasteiger partial charge on any atom is -0.461 e. The first kappa shape index (κ1) is 18.3. The second-order valence-corrected chi connectivity index (χ2v) is 8.95. The molecule has 3 aromatic rings. The minimum atomic E-state index is -3.66. The van der Waals surface area contributed by atoms with E-state index in [2.05, 4.69) is 0 Å². The third-order valence-electron chi connectivity index (χ3n) is 4.91. The minimum absolute atomic E-state index is 0.148. The molecule has 7 heteroatoms. The molecule has 1 aromatic heterocycles. The summed E-state index contributed by atoms with van der Waals surface area (Å²) >= 11 is 6.03. The zero-order valence-corrected chi connectivity index (χ0v) is 16.1. The maximum Gasteiger partial charge on any atom is 0.243 e. The number of sulfonamides is 1. The summed E-state index contributed by atoms with van der Waals surface area (Å²) in [4.78, 5) is 0.148. The van der Waals surface area contributed by atoms with E-state index < -0.39 is 22.2 Å². The summed E-state index contributed by atoms with van der Waals surface area (Å²) in [6.07, 6.45) is -0.680. The lowest BCUT2D eigenvalue weighted by atomic mass is 9.98. The highest BCUT2D eigenvalue weighted by atomic mass is 35.5. The Labute approximate surface area is 162 Å². The third-order valence-corrected chi connectivity index (χ3v) is 7.10. The smallest absolute Gasteiger partial charge is 0.243 e. The molecule has 5 nitrogen and oxygen atoms in total. The van der Waals surface area contributed by atoms with Crippen LogP contribution in [0.25, 0.3) is 11.3 Å². The molecule has 2 heterocycles. The van der Waals surface area contributed by atoms with Gasteiger partial charge in [-0.05, 0) is 30.3 Å². The predicted molar refractivity (Wildman–Crippen MR) is 103 cm³/mol. The molecule has 2 atom stereocenters. The first-order chi connectivity index (χ1) is 12.9. The second-order valence-electron chi connectivity index (χ2n) is 6.55. The Kier molecular flexibility index (Phi) is 4.60. The van der Waals surface area contributed by atoms with Gasteiger partial charge >= 0.3 is 0 Å². The Hall–Kier alpha value is -2.12. The van der Waals surface area contributed by atoms with Gasteiger partial charge < -0.3 is 9.52 Å². The third kappa shape index (κ3) is 3.19. The van der Waals surface area contributed by atoms with Gasteiger partial charge in [0.2, 0.25) is 10.0 Å². The summed E-state index contributed by atoms with van der Waals surface area (Å²) in [5.41, 5.74) is 1.26. The summed E-state index contributed by atoms with van der Waals surface area (Å²) in [6, 6.07) is 16.8. The topological polar surface area (TPSA) is 70.8 Å². The largest absolute Gasteiger partial charge is 0.461 e. The molecule has 2 aromatic carbocycles. The molecule has 0 saturated heterocycles. The van der Waals surface area contributed by atoms with Gasteiger partial charge in [-0.1, -0.05) is 41.9 Å². The molecule has 1 N–H and O–H groups in total. The molecule has 1 aliphatic rings. The number of rotatable bonds is 3. The molecule has 0 radical (unpaired) electrons. The molecule has 0 saturated carbocycles. The van der Waals surface area contributed by atoms with Crippen molar-refractivity contribution in [3.05, 3.63) is 77.0 Å². The summed E-state index contributed by atoms with van der Waals surface area (Å²) in [5, 5.41) is 11.4. The van der Waals surface area contributed by atoms with Crippen LogP contribution in [-0.4, -0.2) is 30.9 Å². The van der Waals surface area contributed by atoms with Crippen molar-refractivity contribution in [3.63, 3.8) is 0 Å². The Morgan fingerprint density at radius 3 is 2.67 bits per heavy atom. The Bertz CT molecular complexity index is 1090. The van der Waals surface area contributed by atoms with Crippen LogP contribution in [0, 0.1) is 0 Å². The van der Waals surface area contributed by atoms with Crippen LogP contribution in [0.1, 0.15) is 17.4 Å². The molecule has 0 amide bonds. The van der Waals surface area contributed by atoms with Gasteiger partial charge in [-0.2, -0.15) is 4.31 Å². The van der Waals surface area contributed by atoms with Crippen LogP contribution in [-0.2, 0) is 16.4 Å². The zero-order valence-electron chi connectivity index (χ0n) is 14.5. The van der Waals surface area contributed by atoms with Crippen molar-refractivity contribution in [1.29, 1.82) is 0 Å². The van der Waals surface area contributed by atoms with E-state index in [9.17, 15) is 13.5 Å². The molecule has 0 spiro atoms. The number of hydrogen-bond donors (Lipinski definition) is 1.